The summed E-state index contributed by atoms with van der Waals surface area (Å²) in [7, 11) is -1.61. The number of hydrogen-bond donors (Lipinski definition) is 1. The summed E-state index contributed by atoms with van der Waals surface area (Å²) in [6.45, 7) is 1.73. The molecule has 1 heterocycles. The van der Waals surface area contributed by atoms with Crippen LogP contribution in [0.3, 0.4) is 0 Å². The minimum atomic E-state index is -1.61. The van der Waals surface area contributed by atoms with Crippen LogP contribution >= 0.6 is 0 Å². The molecular weight excluding hydrogens is 218 g/mol. The molecule has 80 valence electrons. The van der Waals surface area contributed by atoms with Gasteiger partial charge in [0.25, 0.3) is 0 Å². The van der Waals surface area contributed by atoms with E-state index in [2.05, 4.69) is 0 Å². The molecule has 0 fully saturated rings. The summed E-state index contributed by atoms with van der Waals surface area (Å²) in [5, 5.41) is 16.6. The molecule has 0 spiro atoms. The average molecular weight is 227 g/mol. The van der Waals surface area contributed by atoms with Gasteiger partial charge in [-0.2, -0.15) is 5.26 Å². The van der Waals surface area contributed by atoms with Gasteiger partial charge in [-0.05, 0) is 18.6 Å². The summed E-state index contributed by atoms with van der Waals surface area (Å²) in [4.78, 5) is 10.5. The van der Waals surface area contributed by atoms with Gasteiger partial charge in [0.2, 0.25) is 5.76 Å². The summed E-state index contributed by atoms with van der Waals surface area (Å²) in [6.07, 6.45) is 0.423. The molecule has 1 rings (SSSR count). The third kappa shape index (κ3) is 2.44. The Morgan fingerprint density at radius 1 is 1.73 bits per heavy atom. The van der Waals surface area contributed by atoms with Crippen LogP contribution in [-0.4, -0.2) is 20.5 Å². The van der Waals surface area contributed by atoms with Crippen LogP contribution in [0.25, 0.3) is 0 Å². The van der Waals surface area contributed by atoms with Crippen molar-refractivity contribution < 1.29 is 18.5 Å². The molecule has 0 aromatic carbocycles. The number of carboxylic acid groups (broad SMARTS) is 1. The minimum Gasteiger partial charge on any atom is -0.475 e. The lowest BCUT2D eigenvalue weighted by Gasteiger charge is -2.01. The Balaban J connectivity index is 2.93. The minimum absolute atomic E-state index is 0.0285. The Hall–Kier alpha value is -1.61. The van der Waals surface area contributed by atoms with E-state index in [0.29, 0.717) is 6.42 Å². The van der Waals surface area contributed by atoms with Crippen LogP contribution < -0.4 is 0 Å². The van der Waals surface area contributed by atoms with Gasteiger partial charge in [-0.3, -0.25) is 0 Å². The van der Waals surface area contributed by atoms with E-state index < -0.39 is 22.0 Å². The predicted molar refractivity (Wildman–Crippen MR) is 51.8 cm³/mol. The number of aromatic carboxylic acids is 1. The fraction of sp³-hybridized carbons (Fsp3) is 0.333. The van der Waals surface area contributed by atoms with Gasteiger partial charge >= 0.3 is 5.97 Å². The standard InChI is InChI=1S/C9H9NO4S/c1-2-6(5-10)15(13)8-4-3-7(14-8)9(11)12/h3-4,6H,2H2,1H3,(H,11,12). The molecule has 0 amide bonds. The number of carbonyl (C=O) groups is 1. The molecule has 0 saturated carbocycles. The number of furan rings is 1. The Morgan fingerprint density at radius 3 is 2.80 bits per heavy atom. The van der Waals surface area contributed by atoms with Crippen molar-refractivity contribution in [3.63, 3.8) is 0 Å². The highest BCUT2D eigenvalue weighted by atomic mass is 32.2. The zero-order valence-electron chi connectivity index (χ0n) is 7.97. The lowest BCUT2D eigenvalue weighted by Crippen LogP contribution is -2.10. The smallest absolute Gasteiger partial charge is 0.371 e. The Bertz CT molecular complexity index is 432. The quantitative estimate of drug-likeness (QED) is 0.839. The van der Waals surface area contributed by atoms with Crippen LogP contribution in [0, 0.1) is 11.3 Å². The van der Waals surface area contributed by atoms with Crippen molar-refractivity contribution >= 4 is 16.8 Å². The van der Waals surface area contributed by atoms with E-state index in [4.69, 9.17) is 14.8 Å². The molecular formula is C9H9NO4S. The van der Waals surface area contributed by atoms with Gasteiger partial charge in [0.15, 0.2) is 5.09 Å². The van der Waals surface area contributed by atoms with Crippen molar-refractivity contribution in [1.29, 1.82) is 5.26 Å². The molecule has 5 nitrogen and oxygen atoms in total. The van der Waals surface area contributed by atoms with Gasteiger partial charge < -0.3 is 9.52 Å². The molecule has 2 unspecified atom stereocenters. The molecule has 1 aromatic rings. The zero-order chi connectivity index (χ0) is 11.4. The van der Waals surface area contributed by atoms with Crippen LogP contribution in [0.4, 0.5) is 0 Å². The van der Waals surface area contributed by atoms with E-state index in [0.717, 1.165) is 0 Å². The number of nitrogens with zero attached hydrogens (tertiary/aromatic N) is 1. The van der Waals surface area contributed by atoms with Crippen LogP contribution in [0.1, 0.15) is 23.9 Å². The fourth-order valence-corrected chi connectivity index (χ4v) is 2.03. The first-order valence-electron chi connectivity index (χ1n) is 4.23. The van der Waals surface area contributed by atoms with Gasteiger partial charge in [-0.15, -0.1) is 0 Å². The van der Waals surface area contributed by atoms with E-state index in [1.165, 1.54) is 12.1 Å². The van der Waals surface area contributed by atoms with Gasteiger partial charge in [0.1, 0.15) is 16.0 Å². The second kappa shape index (κ2) is 4.75. The van der Waals surface area contributed by atoms with E-state index in [-0.39, 0.29) is 10.9 Å². The second-order valence-electron chi connectivity index (χ2n) is 2.75. The lowest BCUT2D eigenvalue weighted by molar-refractivity contribution is 0.0656. The summed E-state index contributed by atoms with van der Waals surface area (Å²) >= 11 is 0. The van der Waals surface area contributed by atoms with E-state index in [1.54, 1.807) is 6.92 Å². The molecule has 0 radical (unpaired) electrons. The molecule has 0 aliphatic rings. The Kier molecular flexibility index (Phi) is 3.63. The highest BCUT2D eigenvalue weighted by Crippen LogP contribution is 2.16. The van der Waals surface area contributed by atoms with E-state index in [9.17, 15) is 9.00 Å². The average Bonchev–Trinajstić information content (AvgIpc) is 2.68. The first-order chi connectivity index (χ1) is 7.10. The highest BCUT2D eigenvalue weighted by Gasteiger charge is 2.20. The molecule has 6 heteroatoms. The summed E-state index contributed by atoms with van der Waals surface area (Å²) in [5.74, 6) is -1.49. The van der Waals surface area contributed by atoms with Crippen molar-refractivity contribution in [1.82, 2.24) is 0 Å². The van der Waals surface area contributed by atoms with Crippen molar-refractivity contribution in [3.8, 4) is 6.07 Å². The third-order valence-electron chi connectivity index (χ3n) is 1.76. The number of rotatable bonds is 4. The number of hydrogen-bond acceptors (Lipinski definition) is 4. The first kappa shape index (κ1) is 11.5. The lowest BCUT2D eigenvalue weighted by atomic mass is 10.4. The molecule has 15 heavy (non-hydrogen) atoms. The molecule has 0 aliphatic heterocycles. The first-order valence-corrected chi connectivity index (χ1v) is 5.44. The molecule has 2 atom stereocenters. The van der Waals surface area contributed by atoms with Gasteiger partial charge in [0.05, 0.1) is 6.07 Å². The summed E-state index contributed by atoms with van der Waals surface area (Å²) in [5.41, 5.74) is 0. The van der Waals surface area contributed by atoms with Gasteiger partial charge in [0, 0.05) is 0 Å². The molecule has 1 N–H and O–H groups in total. The monoisotopic (exact) mass is 227 g/mol. The van der Waals surface area contributed by atoms with Crippen molar-refractivity contribution in [3.05, 3.63) is 17.9 Å². The fourth-order valence-electron chi connectivity index (χ4n) is 0.974. The van der Waals surface area contributed by atoms with Gasteiger partial charge in [-0.1, -0.05) is 6.92 Å². The van der Waals surface area contributed by atoms with Crippen LogP contribution in [0.15, 0.2) is 21.6 Å². The largest absolute Gasteiger partial charge is 0.475 e. The zero-order valence-corrected chi connectivity index (χ0v) is 8.78. The Labute approximate surface area is 88.8 Å². The topological polar surface area (TPSA) is 91.3 Å². The van der Waals surface area contributed by atoms with E-state index >= 15 is 0 Å². The second-order valence-corrected chi connectivity index (χ2v) is 4.31. The summed E-state index contributed by atoms with van der Waals surface area (Å²) < 4.78 is 16.5. The summed E-state index contributed by atoms with van der Waals surface area (Å²) in [6, 6.07) is 4.42. The van der Waals surface area contributed by atoms with Crippen molar-refractivity contribution in [2.24, 2.45) is 0 Å². The van der Waals surface area contributed by atoms with Crippen molar-refractivity contribution in [2.45, 2.75) is 23.7 Å². The number of nitriles is 1. The van der Waals surface area contributed by atoms with Gasteiger partial charge in [-0.25, -0.2) is 9.00 Å². The Morgan fingerprint density at radius 2 is 2.40 bits per heavy atom. The molecule has 0 saturated heterocycles. The molecule has 0 bridgehead atoms. The van der Waals surface area contributed by atoms with Crippen LogP contribution in [0.2, 0.25) is 0 Å². The third-order valence-corrected chi connectivity index (χ3v) is 3.34. The molecule has 0 aliphatic carbocycles. The normalized spacial score (nSPS) is 14.1. The highest BCUT2D eigenvalue weighted by molar-refractivity contribution is 7.85. The molecule has 1 aromatic heterocycles. The van der Waals surface area contributed by atoms with Crippen LogP contribution in [0.5, 0.6) is 0 Å². The van der Waals surface area contributed by atoms with E-state index in [1.807, 2.05) is 6.07 Å². The van der Waals surface area contributed by atoms with Crippen molar-refractivity contribution in [2.75, 3.05) is 0 Å². The maximum absolute atomic E-state index is 11.6. The SMILES string of the molecule is CCC(C#N)S(=O)c1ccc(C(=O)O)o1. The maximum Gasteiger partial charge on any atom is 0.371 e. The predicted octanol–water partition coefficient (Wildman–Crippen LogP) is 1.39. The maximum atomic E-state index is 11.6. The van der Waals surface area contributed by atoms with Crippen LogP contribution in [-0.2, 0) is 10.8 Å². The number of carboxylic acids is 1.